The third-order valence-corrected chi connectivity index (χ3v) is 2.75. The minimum absolute atomic E-state index is 0.650. The quantitative estimate of drug-likeness (QED) is 0.622. The molecule has 4 nitrogen and oxygen atoms in total. The summed E-state index contributed by atoms with van der Waals surface area (Å²) in [6.07, 6.45) is 0. The fourth-order valence-corrected chi connectivity index (χ4v) is 1.69. The highest BCUT2D eigenvalue weighted by molar-refractivity contribution is 5.26. The van der Waals surface area contributed by atoms with E-state index in [2.05, 4.69) is 23.5 Å². The van der Waals surface area contributed by atoms with Crippen molar-refractivity contribution in [3.8, 4) is 0 Å². The molecule has 4 heteroatoms. The highest BCUT2D eigenvalue weighted by Gasteiger charge is 2.01. The molecular formula is C15H25NO3. The maximum Gasteiger partial charge on any atom is 0.0719 e. The second kappa shape index (κ2) is 10.9. The number of benzene rings is 1. The molecule has 0 heterocycles. The van der Waals surface area contributed by atoms with Gasteiger partial charge >= 0.3 is 0 Å². The van der Waals surface area contributed by atoms with Gasteiger partial charge in [-0.25, -0.2) is 0 Å². The normalized spacial score (nSPS) is 10.8. The predicted octanol–water partition coefficient (Wildman–Crippen LogP) is 1.98. The van der Waals surface area contributed by atoms with Crippen LogP contribution in [0.15, 0.2) is 24.3 Å². The zero-order chi connectivity index (χ0) is 13.8. The number of ether oxygens (including phenoxy) is 3. The number of nitrogens with one attached hydrogen (secondary N) is 1. The molecule has 0 bridgehead atoms. The summed E-state index contributed by atoms with van der Waals surface area (Å²) in [5.74, 6) is 0. The second-order valence-electron chi connectivity index (χ2n) is 4.19. The first-order valence-electron chi connectivity index (χ1n) is 6.80. The Bertz CT molecular complexity index is 331. The molecule has 1 N–H and O–H groups in total. The minimum Gasteiger partial charge on any atom is -0.382 e. The van der Waals surface area contributed by atoms with Gasteiger partial charge in [-0.3, -0.25) is 0 Å². The van der Waals surface area contributed by atoms with Crippen LogP contribution in [0.4, 0.5) is 0 Å². The van der Waals surface area contributed by atoms with E-state index in [9.17, 15) is 0 Å². The number of hydrogen-bond donors (Lipinski definition) is 1. The lowest BCUT2D eigenvalue weighted by Gasteiger charge is -2.10. The summed E-state index contributed by atoms with van der Waals surface area (Å²) in [7, 11) is 1.68. The molecule has 0 saturated carbocycles. The van der Waals surface area contributed by atoms with Gasteiger partial charge in [-0.2, -0.15) is 0 Å². The van der Waals surface area contributed by atoms with E-state index in [0.29, 0.717) is 26.4 Å². The summed E-state index contributed by atoms with van der Waals surface area (Å²) >= 11 is 0. The number of rotatable bonds is 11. The molecule has 1 rings (SSSR count). The Balaban J connectivity index is 2.21. The Morgan fingerprint density at radius 3 is 2.53 bits per heavy atom. The first-order valence-corrected chi connectivity index (χ1v) is 6.80. The first kappa shape index (κ1) is 16.1. The Kier molecular flexibility index (Phi) is 9.27. The first-order chi connectivity index (χ1) is 9.38. The topological polar surface area (TPSA) is 39.7 Å². The van der Waals surface area contributed by atoms with Crippen LogP contribution < -0.4 is 5.32 Å². The fourth-order valence-electron chi connectivity index (χ4n) is 1.69. The van der Waals surface area contributed by atoms with E-state index in [1.54, 1.807) is 7.11 Å². The highest BCUT2D eigenvalue weighted by Crippen LogP contribution is 2.09. The van der Waals surface area contributed by atoms with E-state index in [4.69, 9.17) is 14.2 Å². The van der Waals surface area contributed by atoms with Gasteiger partial charge in [-0.15, -0.1) is 0 Å². The molecule has 0 amide bonds. The molecule has 0 aliphatic heterocycles. The molecule has 0 aromatic heterocycles. The van der Waals surface area contributed by atoms with Crippen LogP contribution in [0.25, 0.3) is 0 Å². The van der Waals surface area contributed by atoms with Gasteiger partial charge in [0.05, 0.1) is 26.4 Å². The van der Waals surface area contributed by atoms with Crippen molar-refractivity contribution in [2.45, 2.75) is 20.1 Å². The standard InChI is InChI=1S/C15H25NO3/c1-3-18-13-15-7-5-4-6-14(15)12-16-8-9-19-11-10-17-2/h4-7,16H,3,8-13H2,1-2H3. The Morgan fingerprint density at radius 1 is 1.00 bits per heavy atom. The zero-order valence-corrected chi connectivity index (χ0v) is 12.0. The SMILES string of the molecule is CCOCc1ccccc1CNCCOCCOC. The van der Waals surface area contributed by atoms with Crippen molar-refractivity contribution in [2.24, 2.45) is 0 Å². The van der Waals surface area contributed by atoms with Crippen LogP contribution in [-0.4, -0.2) is 40.1 Å². The molecule has 19 heavy (non-hydrogen) atoms. The van der Waals surface area contributed by atoms with E-state index in [1.807, 2.05) is 13.0 Å². The van der Waals surface area contributed by atoms with Crippen molar-refractivity contribution in [3.63, 3.8) is 0 Å². The molecule has 108 valence electrons. The van der Waals surface area contributed by atoms with E-state index >= 15 is 0 Å². The summed E-state index contributed by atoms with van der Waals surface area (Å²) in [5, 5.41) is 3.37. The van der Waals surface area contributed by atoms with Crippen molar-refractivity contribution in [1.29, 1.82) is 0 Å². The Morgan fingerprint density at radius 2 is 1.79 bits per heavy atom. The van der Waals surface area contributed by atoms with Crippen LogP contribution in [-0.2, 0) is 27.4 Å². The molecular weight excluding hydrogens is 242 g/mol. The molecule has 0 aliphatic rings. The van der Waals surface area contributed by atoms with Crippen molar-refractivity contribution in [2.75, 3.05) is 40.1 Å². The summed E-state index contributed by atoms with van der Waals surface area (Å²) < 4.78 is 15.8. The van der Waals surface area contributed by atoms with Crippen LogP contribution in [0.2, 0.25) is 0 Å². The molecule has 1 aromatic rings. The van der Waals surface area contributed by atoms with Crippen molar-refractivity contribution in [3.05, 3.63) is 35.4 Å². The van der Waals surface area contributed by atoms with Crippen molar-refractivity contribution < 1.29 is 14.2 Å². The lowest BCUT2D eigenvalue weighted by Crippen LogP contribution is -2.21. The van der Waals surface area contributed by atoms with Gasteiger partial charge in [-0.1, -0.05) is 24.3 Å². The van der Waals surface area contributed by atoms with Gasteiger partial charge in [-0.05, 0) is 18.1 Å². The maximum atomic E-state index is 5.47. The maximum absolute atomic E-state index is 5.47. The summed E-state index contributed by atoms with van der Waals surface area (Å²) in [4.78, 5) is 0. The Hall–Kier alpha value is -0.940. The van der Waals surface area contributed by atoms with Crippen molar-refractivity contribution in [1.82, 2.24) is 5.32 Å². The molecule has 0 spiro atoms. The summed E-state index contributed by atoms with van der Waals surface area (Å²) in [6, 6.07) is 8.35. The van der Waals surface area contributed by atoms with E-state index in [0.717, 1.165) is 19.7 Å². The molecule has 0 fully saturated rings. The minimum atomic E-state index is 0.650. The average molecular weight is 267 g/mol. The smallest absolute Gasteiger partial charge is 0.0719 e. The van der Waals surface area contributed by atoms with Gasteiger partial charge in [0.25, 0.3) is 0 Å². The van der Waals surface area contributed by atoms with E-state index < -0.39 is 0 Å². The molecule has 0 atom stereocenters. The number of hydrogen-bond acceptors (Lipinski definition) is 4. The largest absolute Gasteiger partial charge is 0.382 e. The van der Waals surface area contributed by atoms with Gasteiger partial charge in [0.1, 0.15) is 0 Å². The highest BCUT2D eigenvalue weighted by atomic mass is 16.5. The zero-order valence-electron chi connectivity index (χ0n) is 12.0. The molecule has 0 aliphatic carbocycles. The van der Waals surface area contributed by atoms with Crippen LogP contribution in [0.3, 0.4) is 0 Å². The third kappa shape index (κ3) is 7.28. The van der Waals surface area contributed by atoms with Crippen LogP contribution in [0.5, 0.6) is 0 Å². The Labute approximate surface area is 116 Å². The molecule has 0 radical (unpaired) electrons. The van der Waals surface area contributed by atoms with E-state index in [-0.39, 0.29) is 0 Å². The molecule has 0 unspecified atom stereocenters. The van der Waals surface area contributed by atoms with Crippen molar-refractivity contribution >= 4 is 0 Å². The fraction of sp³-hybridized carbons (Fsp3) is 0.600. The van der Waals surface area contributed by atoms with Crippen LogP contribution in [0, 0.1) is 0 Å². The third-order valence-electron chi connectivity index (χ3n) is 2.75. The average Bonchev–Trinajstić information content (AvgIpc) is 2.45. The van der Waals surface area contributed by atoms with Crippen LogP contribution in [0.1, 0.15) is 18.1 Å². The molecule has 1 aromatic carbocycles. The number of methoxy groups -OCH3 is 1. The lowest BCUT2D eigenvalue weighted by molar-refractivity contribution is 0.0719. The monoisotopic (exact) mass is 267 g/mol. The van der Waals surface area contributed by atoms with Gasteiger partial charge in [0, 0.05) is 26.8 Å². The lowest BCUT2D eigenvalue weighted by atomic mass is 10.1. The van der Waals surface area contributed by atoms with Crippen LogP contribution >= 0.6 is 0 Å². The van der Waals surface area contributed by atoms with Gasteiger partial charge < -0.3 is 19.5 Å². The summed E-state index contributed by atoms with van der Waals surface area (Å²) in [5.41, 5.74) is 2.53. The predicted molar refractivity (Wildman–Crippen MR) is 76.2 cm³/mol. The summed E-state index contributed by atoms with van der Waals surface area (Å²) in [6.45, 7) is 7.13. The van der Waals surface area contributed by atoms with Gasteiger partial charge in [0.2, 0.25) is 0 Å². The van der Waals surface area contributed by atoms with E-state index in [1.165, 1.54) is 11.1 Å². The second-order valence-corrected chi connectivity index (χ2v) is 4.19. The molecule has 0 saturated heterocycles. The van der Waals surface area contributed by atoms with Gasteiger partial charge in [0.15, 0.2) is 0 Å².